The van der Waals surface area contributed by atoms with E-state index in [1.54, 1.807) is 31.3 Å². The highest BCUT2D eigenvalue weighted by molar-refractivity contribution is 7.91. The van der Waals surface area contributed by atoms with Crippen LogP contribution in [-0.4, -0.2) is 36.3 Å². The first-order chi connectivity index (χ1) is 11.4. The van der Waals surface area contributed by atoms with E-state index in [1.807, 2.05) is 41.5 Å². The monoisotopic (exact) mass is 363 g/mol. The molecule has 0 saturated carbocycles. The predicted molar refractivity (Wildman–Crippen MR) is 101 cm³/mol. The van der Waals surface area contributed by atoms with Gasteiger partial charge < -0.3 is 9.29 Å². The van der Waals surface area contributed by atoms with Crippen LogP contribution in [0.4, 0.5) is 4.79 Å². The predicted octanol–water partition coefficient (Wildman–Crippen LogP) is 4.09. The van der Waals surface area contributed by atoms with Crippen LogP contribution in [0.15, 0.2) is 28.8 Å². The minimum absolute atomic E-state index is 0.425. The molecule has 0 fully saturated rings. The normalized spacial score (nSPS) is 14.6. The van der Waals surface area contributed by atoms with Gasteiger partial charge in [-0.15, -0.1) is 0 Å². The topological polar surface area (TPSA) is 79.5 Å². The number of hydrogen-bond acceptors (Lipinski definition) is 5. The summed E-state index contributed by atoms with van der Waals surface area (Å²) >= 11 is -1.35. The second kappa shape index (κ2) is 6.80. The van der Waals surface area contributed by atoms with Gasteiger partial charge in [0.25, 0.3) is 0 Å². The van der Waals surface area contributed by atoms with Crippen molar-refractivity contribution in [2.45, 2.75) is 58.8 Å². The molecular formula is C18H25N3O3S. The zero-order chi connectivity index (χ0) is 19.0. The molecular weight excluding hydrogens is 338 g/mol. The van der Waals surface area contributed by atoms with E-state index in [0.717, 1.165) is 0 Å². The molecule has 0 aliphatic carbocycles. The van der Waals surface area contributed by atoms with Crippen molar-refractivity contribution in [3.63, 3.8) is 0 Å². The fourth-order valence-electron chi connectivity index (χ4n) is 2.00. The third kappa shape index (κ3) is 4.83. The zero-order valence-electron chi connectivity index (χ0n) is 15.8. The fourth-order valence-corrected chi connectivity index (χ4v) is 2.62. The molecule has 0 spiro atoms. The number of ether oxygens (including phenoxy) is 1. The Labute approximate surface area is 151 Å². The van der Waals surface area contributed by atoms with Gasteiger partial charge in [0, 0.05) is 6.20 Å². The van der Waals surface area contributed by atoms with Crippen molar-refractivity contribution in [2.75, 3.05) is 0 Å². The molecule has 0 amide bonds. The number of hydrogen-bond donors (Lipinski definition) is 0. The van der Waals surface area contributed by atoms with Gasteiger partial charge in [0.05, 0.1) is 16.7 Å². The fraction of sp³-hybridized carbons (Fsp3) is 0.500. The number of fused-ring (bicyclic) bond motifs is 1. The summed E-state index contributed by atoms with van der Waals surface area (Å²) in [4.78, 5) is 16.8. The summed E-state index contributed by atoms with van der Waals surface area (Å²) in [6.07, 6.45) is 1.19. The van der Waals surface area contributed by atoms with Crippen LogP contribution in [0.5, 0.6) is 0 Å². The van der Waals surface area contributed by atoms with E-state index in [1.165, 1.54) is 4.57 Å². The summed E-state index contributed by atoms with van der Waals surface area (Å²) in [6, 6.07) is 5.30. The molecule has 2 rings (SSSR count). The summed E-state index contributed by atoms with van der Waals surface area (Å²) in [5, 5.41) is 0. The second-order valence-electron chi connectivity index (χ2n) is 7.81. The number of carbonyl (C=O) groups excluding carboxylic acids is 1. The molecule has 2 aromatic heterocycles. The van der Waals surface area contributed by atoms with Gasteiger partial charge >= 0.3 is 6.09 Å². The quantitative estimate of drug-likeness (QED) is 0.594. The molecule has 25 heavy (non-hydrogen) atoms. The summed E-state index contributed by atoms with van der Waals surface area (Å²) < 4.78 is 22.8. The smallest absolute Gasteiger partial charge is 0.419 e. The average Bonchev–Trinajstić information content (AvgIpc) is 2.87. The van der Waals surface area contributed by atoms with Crippen LogP contribution in [0.2, 0.25) is 0 Å². The van der Waals surface area contributed by atoms with Crippen molar-refractivity contribution in [1.82, 2.24) is 9.55 Å². The Morgan fingerprint density at radius 1 is 1.20 bits per heavy atom. The molecule has 0 aliphatic rings. The molecule has 2 aromatic rings. The Hall–Kier alpha value is -1.86. The minimum Gasteiger partial charge on any atom is -0.591 e. The summed E-state index contributed by atoms with van der Waals surface area (Å²) in [5.74, 6) is 0. The molecule has 2 heterocycles. The third-order valence-electron chi connectivity index (χ3n) is 3.25. The number of carbonyl (C=O) groups is 1. The zero-order valence-corrected chi connectivity index (χ0v) is 16.6. The van der Waals surface area contributed by atoms with Crippen molar-refractivity contribution in [3.8, 4) is 0 Å². The van der Waals surface area contributed by atoms with Crippen LogP contribution < -0.4 is 0 Å². The molecule has 136 valence electrons. The highest BCUT2D eigenvalue weighted by atomic mass is 32.2. The van der Waals surface area contributed by atoms with Crippen molar-refractivity contribution >= 4 is 34.2 Å². The van der Waals surface area contributed by atoms with E-state index in [0.29, 0.717) is 22.4 Å². The second-order valence-corrected chi connectivity index (χ2v) is 9.71. The van der Waals surface area contributed by atoms with Crippen molar-refractivity contribution in [2.24, 2.45) is 4.40 Å². The van der Waals surface area contributed by atoms with E-state index < -0.39 is 27.8 Å². The summed E-state index contributed by atoms with van der Waals surface area (Å²) in [6.45, 7) is 12.9. The maximum Gasteiger partial charge on any atom is 0.419 e. The van der Waals surface area contributed by atoms with Crippen LogP contribution in [0.3, 0.4) is 0 Å². The van der Waals surface area contributed by atoms with Crippen molar-refractivity contribution in [1.29, 1.82) is 0 Å². The third-order valence-corrected chi connectivity index (χ3v) is 4.74. The highest BCUT2D eigenvalue weighted by Gasteiger charge is 2.27. The first-order valence-electron chi connectivity index (χ1n) is 8.07. The van der Waals surface area contributed by atoms with Crippen molar-refractivity contribution in [3.05, 3.63) is 30.1 Å². The lowest BCUT2D eigenvalue weighted by molar-refractivity contribution is 0.0544. The Balaban J connectivity index is 2.33. The molecule has 7 heteroatoms. The summed E-state index contributed by atoms with van der Waals surface area (Å²) in [7, 11) is 0. The first-order valence-corrected chi connectivity index (χ1v) is 9.18. The van der Waals surface area contributed by atoms with Crippen LogP contribution in [0.25, 0.3) is 11.0 Å². The van der Waals surface area contributed by atoms with Crippen molar-refractivity contribution < 1.29 is 14.1 Å². The molecule has 0 N–H and O–H groups in total. The molecule has 0 bridgehead atoms. The molecule has 0 aromatic carbocycles. The number of nitrogens with zero attached hydrogens (tertiary/aromatic N) is 3. The molecule has 6 nitrogen and oxygen atoms in total. The van der Waals surface area contributed by atoms with Crippen LogP contribution in [0, 0.1) is 0 Å². The van der Waals surface area contributed by atoms with E-state index >= 15 is 0 Å². The van der Waals surface area contributed by atoms with Gasteiger partial charge in [0.15, 0.2) is 0 Å². The van der Waals surface area contributed by atoms with Crippen LogP contribution in [-0.2, 0) is 16.1 Å². The molecule has 0 unspecified atom stereocenters. The van der Waals surface area contributed by atoms with Crippen LogP contribution >= 0.6 is 0 Å². The Morgan fingerprint density at radius 2 is 1.84 bits per heavy atom. The summed E-state index contributed by atoms with van der Waals surface area (Å²) in [5.41, 5.74) is 1.97. The Bertz CT molecular complexity index is 813. The van der Waals surface area contributed by atoms with Gasteiger partial charge in [0.1, 0.15) is 27.4 Å². The maximum absolute atomic E-state index is 12.3. The van der Waals surface area contributed by atoms with E-state index in [-0.39, 0.29) is 0 Å². The molecule has 0 aliphatic heterocycles. The lowest BCUT2D eigenvalue weighted by Crippen LogP contribution is -2.27. The Kier molecular flexibility index (Phi) is 5.30. The lowest BCUT2D eigenvalue weighted by Gasteiger charge is -2.19. The van der Waals surface area contributed by atoms with E-state index in [4.69, 9.17) is 4.74 Å². The first kappa shape index (κ1) is 19.5. The van der Waals surface area contributed by atoms with Gasteiger partial charge in [-0.3, -0.25) is 4.57 Å². The standard InChI is InChI=1S/C18H25N3O3S/c1-12(20-25(23)18(5,6)7)13-8-9-15-14(19-13)10-11-21(15)16(22)24-17(2,3)4/h8-11H,1-7H3/b20-12+/t25-/m1/s1. The van der Waals surface area contributed by atoms with Gasteiger partial charge in [-0.25, -0.2) is 9.78 Å². The lowest BCUT2D eigenvalue weighted by atomic mass is 10.2. The van der Waals surface area contributed by atoms with E-state index in [9.17, 15) is 9.35 Å². The highest BCUT2D eigenvalue weighted by Crippen LogP contribution is 2.20. The molecule has 0 radical (unpaired) electrons. The number of aromatic nitrogens is 2. The number of pyridine rings is 1. The van der Waals surface area contributed by atoms with Gasteiger partial charge in [0.2, 0.25) is 0 Å². The van der Waals surface area contributed by atoms with Crippen LogP contribution in [0.1, 0.15) is 54.2 Å². The van der Waals surface area contributed by atoms with Gasteiger partial charge in [-0.1, -0.05) is 4.40 Å². The largest absolute Gasteiger partial charge is 0.591 e. The SMILES string of the molecule is C/C(=N\[S@+]([O-])C(C)(C)C)c1ccc2c(ccn2C(=O)OC(C)(C)C)n1. The van der Waals surface area contributed by atoms with Gasteiger partial charge in [-0.2, -0.15) is 0 Å². The average molecular weight is 363 g/mol. The molecule has 1 atom stereocenters. The van der Waals surface area contributed by atoms with Gasteiger partial charge in [-0.05, 0) is 66.7 Å². The number of rotatable bonds is 2. The maximum atomic E-state index is 12.3. The minimum atomic E-state index is -1.35. The Morgan fingerprint density at radius 3 is 2.40 bits per heavy atom. The van der Waals surface area contributed by atoms with E-state index in [2.05, 4.69) is 9.38 Å². The molecule has 0 saturated heterocycles.